The lowest BCUT2D eigenvalue weighted by Crippen LogP contribution is -2.41. The zero-order valence-electron chi connectivity index (χ0n) is 14.4. The molecule has 0 saturated carbocycles. The molecule has 0 aromatic carbocycles. The van der Waals surface area contributed by atoms with E-state index in [2.05, 4.69) is 62.3 Å². The molecule has 0 unspecified atom stereocenters. The largest absolute Gasteiger partial charge is 0.458 e. The van der Waals surface area contributed by atoms with Gasteiger partial charge in [0.05, 0.1) is 22.4 Å². The molecule has 6 heteroatoms. The van der Waals surface area contributed by atoms with Gasteiger partial charge >= 0.3 is 14.2 Å². The maximum Gasteiger partial charge on any atom is 0.458 e. The van der Waals surface area contributed by atoms with Gasteiger partial charge in [0.1, 0.15) is 0 Å². The maximum absolute atomic E-state index is 6.09. The Bertz CT molecular complexity index is 325. The molecule has 20 heavy (non-hydrogen) atoms. The molecule has 0 aromatic rings. The predicted octanol–water partition coefficient (Wildman–Crippen LogP) is 3.10. The summed E-state index contributed by atoms with van der Waals surface area (Å²) in [5, 5.41) is 0. The maximum atomic E-state index is 6.09. The summed E-state index contributed by atoms with van der Waals surface area (Å²) < 4.78 is 24.4. The minimum Gasteiger partial charge on any atom is -0.403 e. The fourth-order valence-corrected chi connectivity index (χ4v) is 2.33. The Labute approximate surface area is 124 Å². The van der Waals surface area contributed by atoms with Gasteiger partial charge in [-0.1, -0.05) is 6.92 Å². The second-order valence-electron chi connectivity index (χ2n) is 8.11. The molecule has 4 nitrogen and oxygen atoms in total. The molecule has 0 aliphatic carbocycles. The van der Waals surface area contributed by atoms with Gasteiger partial charge in [0.25, 0.3) is 0 Å². The van der Waals surface area contributed by atoms with Crippen molar-refractivity contribution in [2.24, 2.45) is 0 Å². The molecule has 2 fully saturated rings. The van der Waals surface area contributed by atoms with E-state index in [9.17, 15) is 0 Å². The monoisotopic (exact) mass is 282 g/mol. The third kappa shape index (κ3) is 2.45. The molecule has 2 saturated heterocycles. The lowest BCUT2D eigenvalue weighted by molar-refractivity contribution is 0.00578. The second kappa shape index (κ2) is 4.48. The molecule has 2 rings (SSSR count). The van der Waals surface area contributed by atoms with E-state index in [1.165, 1.54) is 0 Å². The smallest absolute Gasteiger partial charge is 0.403 e. The Kier molecular flexibility index (Phi) is 3.66. The highest BCUT2D eigenvalue weighted by atomic mass is 16.7. The van der Waals surface area contributed by atoms with Gasteiger partial charge in [-0.15, -0.1) is 0 Å². The van der Waals surface area contributed by atoms with Crippen molar-refractivity contribution in [3.8, 4) is 0 Å². The first-order valence-corrected chi connectivity index (χ1v) is 7.50. The predicted molar refractivity (Wildman–Crippen MR) is 81.6 cm³/mol. The van der Waals surface area contributed by atoms with Crippen LogP contribution in [0, 0.1) is 0 Å². The summed E-state index contributed by atoms with van der Waals surface area (Å²) in [6.07, 6.45) is 0. The molecule has 0 bridgehead atoms. The normalized spacial score (nSPS) is 30.3. The molecular weight excluding hydrogens is 254 g/mol. The standard InChI is InChI=1S/C14H28B2O4/c1-10(15-17-11(2,3)12(4,5)18-15)16-19-13(6,7)14(8,9)20-16/h10H,1-9H3. The summed E-state index contributed by atoms with van der Waals surface area (Å²) in [5.74, 6) is 0. The van der Waals surface area contributed by atoms with Gasteiger partial charge in [0.15, 0.2) is 0 Å². The lowest BCUT2D eigenvalue weighted by Gasteiger charge is -2.32. The third-order valence-corrected chi connectivity index (χ3v) is 5.40. The van der Waals surface area contributed by atoms with Crippen LogP contribution in [-0.4, -0.2) is 36.6 Å². The van der Waals surface area contributed by atoms with Gasteiger partial charge in [0, 0.05) is 5.72 Å². The fourth-order valence-electron chi connectivity index (χ4n) is 2.33. The second-order valence-corrected chi connectivity index (χ2v) is 8.11. The molecule has 2 aliphatic rings. The van der Waals surface area contributed by atoms with Crippen LogP contribution in [0.1, 0.15) is 62.3 Å². The molecule has 2 heterocycles. The first kappa shape index (κ1) is 16.3. The zero-order chi connectivity index (χ0) is 15.6. The molecular formula is C14H28B2O4. The van der Waals surface area contributed by atoms with Crippen LogP contribution in [-0.2, 0) is 18.6 Å². The summed E-state index contributed by atoms with van der Waals surface area (Å²) in [7, 11) is -0.621. The molecule has 0 atom stereocenters. The topological polar surface area (TPSA) is 36.9 Å². The van der Waals surface area contributed by atoms with Gasteiger partial charge in [-0.05, 0) is 55.4 Å². The Morgan fingerprint density at radius 1 is 0.550 bits per heavy atom. The van der Waals surface area contributed by atoms with Crippen LogP contribution in [0.4, 0.5) is 0 Å². The molecule has 0 N–H and O–H groups in total. The van der Waals surface area contributed by atoms with E-state index in [1.54, 1.807) is 0 Å². The SMILES string of the molecule is CC(B1OC(C)(C)C(C)(C)O1)B1OC(C)(C)C(C)(C)O1. The summed E-state index contributed by atoms with van der Waals surface area (Å²) in [5.41, 5.74) is -1.28. The van der Waals surface area contributed by atoms with E-state index < -0.39 is 0 Å². The minimum atomic E-state index is -0.324. The number of hydrogen-bond acceptors (Lipinski definition) is 4. The lowest BCUT2D eigenvalue weighted by atomic mass is 9.53. The van der Waals surface area contributed by atoms with Crippen molar-refractivity contribution >= 4 is 14.2 Å². The van der Waals surface area contributed by atoms with E-state index in [0.717, 1.165) is 0 Å². The van der Waals surface area contributed by atoms with Gasteiger partial charge < -0.3 is 18.6 Å². The molecule has 114 valence electrons. The van der Waals surface area contributed by atoms with Crippen LogP contribution in [0.3, 0.4) is 0 Å². The molecule has 0 amide bonds. The van der Waals surface area contributed by atoms with Crippen LogP contribution in [0.2, 0.25) is 5.72 Å². The van der Waals surface area contributed by atoms with Crippen molar-refractivity contribution < 1.29 is 18.6 Å². The van der Waals surface area contributed by atoms with Crippen molar-refractivity contribution in [3.63, 3.8) is 0 Å². The van der Waals surface area contributed by atoms with Crippen LogP contribution in [0.15, 0.2) is 0 Å². The molecule has 0 aromatic heterocycles. The van der Waals surface area contributed by atoms with E-state index in [0.29, 0.717) is 0 Å². The van der Waals surface area contributed by atoms with Crippen molar-refractivity contribution in [2.75, 3.05) is 0 Å². The Hall–Kier alpha value is -0.0301. The van der Waals surface area contributed by atoms with Gasteiger partial charge in [-0.25, -0.2) is 0 Å². The number of hydrogen-bond donors (Lipinski definition) is 0. The summed E-state index contributed by atoms with van der Waals surface area (Å²) >= 11 is 0. The average Bonchev–Trinajstić information content (AvgIpc) is 2.57. The van der Waals surface area contributed by atoms with Gasteiger partial charge in [0.2, 0.25) is 0 Å². The first-order chi connectivity index (χ1) is 8.79. The van der Waals surface area contributed by atoms with E-state index in [4.69, 9.17) is 18.6 Å². The van der Waals surface area contributed by atoms with Crippen molar-refractivity contribution in [3.05, 3.63) is 0 Å². The third-order valence-electron chi connectivity index (χ3n) is 5.40. The van der Waals surface area contributed by atoms with E-state index >= 15 is 0 Å². The average molecular weight is 282 g/mol. The molecule has 2 aliphatic heterocycles. The zero-order valence-corrected chi connectivity index (χ0v) is 14.4. The highest BCUT2D eigenvalue weighted by Gasteiger charge is 2.60. The van der Waals surface area contributed by atoms with E-state index in [-0.39, 0.29) is 42.4 Å². The van der Waals surface area contributed by atoms with Crippen molar-refractivity contribution in [2.45, 2.75) is 90.4 Å². The van der Waals surface area contributed by atoms with E-state index in [1.807, 2.05) is 0 Å². The Morgan fingerprint density at radius 3 is 0.950 bits per heavy atom. The quantitative estimate of drug-likeness (QED) is 0.729. The first-order valence-electron chi connectivity index (χ1n) is 7.50. The molecule has 0 radical (unpaired) electrons. The van der Waals surface area contributed by atoms with Gasteiger partial charge in [-0.2, -0.15) is 0 Å². The highest BCUT2D eigenvalue weighted by molar-refractivity contribution is 6.68. The van der Waals surface area contributed by atoms with Crippen LogP contribution in [0.5, 0.6) is 0 Å². The molecule has 0 spiro atoms. The summed E-state index contributed by atoms with van der Waals surface area (Å²) in [4.78, 5) is 0. The summed E-state index contributed by atoms with van der Waals surface area (Å²) in [6, 6.07) is 0. The van der Waals surface area contributed by atoms with Crippen LogP contribution < -0.4 is 0 Å². The Morgan fingerprint density at radius 2 is 0.750 bits per heavy atom. The minimum absolute atomic E-state index is 0.0112. The van der Waals surface area contributed by atoms with Crippen LogP contribution in [0.25, 0.3) is 0 Å². The van der Waals surface area contributed by atoms with Gasteiger partial charge in [-0.3, -0.25) is 0 Å². The van der Waals surface area contributed by atoms with Crippen LogP contribution >= 0.6 is 0 Å². The Balaban J connectivity index is 2.10. The van der Waals surface area contributed by atoms with Crippen molar-refractivity contribution in [1.29, 1.82) is 0 Å². The summed E-state index contributed by atoms with van der Waals surface area (Å²) in [6.45, 7) is 18.5. The fraction of sp³-hybridized carbons (Fsp3) is 1.00. The van der Waals surface area contributed by atoms with Crippen molar-refractivity contribution in [1.82, 2.24) is 0 Å². The number of rotatable bonds is 2. The highest BCUT2D eigenvalue weighted by Crippen LogP contribution is 2.45.